The highest BCUT2D eigenvalue weighted by molar-refractivity contribution is 5.14. The van der Waals surface area contributed by atoms with E-state index in [1.165, 1.54) is 12.0 Å². The third-order valence-electron chi connectivity index (χ3n) is 3.71. The van der Waals surface area contributed by atoms with Gasteiger partial charge in [-0.25, -0.2) is 0 Å². The molecule has 1 N–H and O–H groups in total. The van der Waals surface area contributed by atoms with Gasteiger partial charge < -0.3 is 5.11 Å². The van der Waals surface area contributed by atoms with Crippen LogP contribution in [0.2, 0.25) is 0 Å². The molecule has 0 aliphatic heterocycles. The molecule has 1 aliphatic carbocycles. The first-order chi connectivity index (χ1) is 7.39. The van der Waals surface area contributed by atoms with Crippen molar-refractivity contribution in [3.63, 3.8) is 0 Å². The standard InChI is InChI=1S/C15H26O/c1-12-6-5-7-13(2)9-11-14(10-8-12)15(3,4)16/h5-6,13-14,16H,1,7-11H2,2-4H3/t13-,14+/m0/s1. The number of hydrogen-bond donors (Lipinski definition) is 1. The average Bonchev–Trinajstić information content (AvgIpc) is 2.15. The minimum atomic E-state index is -0.553. The molecule has 0 aromatic carbocycles. The maximum atomic E-state index is 10.1. The van der Waals surface area contributed by atoms with Gasteiger partial charge in [0, 0.05) is 0 Å². The Morgan fingerprint density at radius 2 is 2.00 bits per heavy atom. The van der Waals surface area contributed by atoms with Crippen LogP contribution in [0.3, 0.4) is 0 Å². The van der Waals surface area contributed by atoms with Crippen molar-refractivity contribution < 1.29 is 5.11 Å². The van der Waals surface area contributed by atoms with Crippen molar-refractivity contribution in [2.45, 2.75) is 58.5 Å². The van der Waals surface area contributed by atoms with Crippen LogP contribution in [0.1, 0.15) is 52.9 Å². The summed E-state index contributed by atoms with van der Waals surface area (Å²) in [6, 6.07) is 0. The molecule has 1 heteroatoms. The van der Waals surface area contributed by atoms with Gasteiger partial charge in [-0.2, -0.15) is 0 Å². The lowest BCUT2D eigenvalue weighted by molar-refractivity contribution is 0.00718. The van der Waals surface area contributed by atoms with Crippen LogP contribution in [0.25, 0.3) is 0 Å². The van der Waals surface area contributed by atoms with Gasteiger partial charge in [0.25, 0.3) is 0 Å². The highest BCUT2D eigenvalue weighted by Gasteiger charge is 2.26. The Kier molecular flexibility index (Phi) is 4.79. The first-order valence-corrected chi connectivity index (χ1v) is 6.46. The van der Waals surface area contributed by atoms with Crippen LogP contribution in [0, 0.1) is 11.8 Å². The fourth-order valence-electron chi connectivity index (χ4n) is 2.36. The fraction of sp³-hybridized carbons (Fsp3) is 0.733. The molecule has 0 spiro atoms. The van der Waals surface area contributed by atoms with Crippen LogP contribution < -0.4 is 0 Å². The minimum Gasteiger partial charge on any atom is -0.390 e. The molecular formula is C15H26O. The summed E-state index contributed by atoms with van der Waals surface area (Å²) in [5.41, 5.74) is 0.645. The molecule has 16 heavy (non-hydrogen) atoms. The van der Waals surface area contributed by atoms with E-state index in [-0.39, 0.29) is 0 Å². The van der Waals surface area contributed by atoms with Crippen LogP contribution in [0.5, 0.6) is 0 Å². The van der Waals surface area contributed by atoms with E-state index in [0.29, 0.717) is 11.8 Å². The second-order valence-corrected chi connectivity index (χ2v) is 5.87. The fourth-order valence-corrected chi connectivity index (χ4v) is 2.36. The Bertz CT molecular complexity index is 257. The highest BCUT2D eigenvalue weighted by atomic mass is 16.3. The third kappa shape index (κ3) is 4.52. The normalized spacial score (nSPS) is 29.1. The lowest BCUT2D eigenvalue weighted by Gasteiger charge is -2.31. The summed E-state index contributed by atoms with van der Waals surface area (Å²) in [5.74, 6) is 1.12. The smallest absolute Gasteiger partial charge is 0.0619 e. The summed E-state index contributed by atoms with van der Waals surface area (Å²) in [7, 11) is 0. The van der Waals surface area contributed by atoms with Crippen molar-refractivity contribution in [2.75, 3.05) is 0 Å². The summed E-state index contributed by atoms with van der Waals surface area (Å²) in [4.78, 5) is 0. The van der Waals surface area contributed by atoms with Crippen molar-refractivity contribution in [3.8, 4) is 0 Å². The zero-order valence-electron chi connectivity index (χ0n) is 11.0. The molecule has 0 fully saturated rings. The quantitative estimate of drug-likeness (QED) is 0.708. The predicted molar refractivity (Wildman–Crippen MR) is 70.3 cm³/mol. The molecule has 0 aromatic heterocycles. The molecule has 0 saturated carbocycles. The van der Waals surface area contributed by atoms with E-state index in [1.54, 1.807) is 0 Å². The van der Waals surface area contributed by atoms with Crippen molar-refractivity contribution in [1.29, 1.82) is 0 Å². The molecule has 2 atom stereocenters. The molecule has 0 saturated heterocycles. The molecule has 1 aliphatic rings. The zero-order valence-corrected chi connectivity index (χ0v) is 11.0. The molecule has 0 radical (unpaired) electrons. The van der Waals surface area contributed by atoms with Crippen LogP contribution in [0.4, 0.5) is 0 Å². The number of allylic oxidation sites excluding steroid dienone is 3. The SMILES string of the molecule is C=C1C=CC[C@H](C)CC[C@H](C(C)(C)O)CC1. The Balaban J connectivity index is 2.68. The van der Waals surface area contributed by atoms with E-state index in [9.17, 15) is 5.11 Å². The second-order valence-electron chi connectivity index (χ2n) is 5.87. The number of aliphatic hydroxyl groups is 1. The molecule has 0 unspecified atom stereocenters. The van der Waals surface area contributed by atoms with Gasteiger partial charge in [0.15, 0.2) is 0 Å². The van der Waals surface area contributed by atoms with Crippen molar-refractivity contribution in [3.05, 3.63) is 24.3 Å². The summed E-state index contributed by atoms with van der Waals surface area (Å²) < 4.78 is 0. The van der Waals surface area contributed by atoms with Crippen LogP contribution >= 0.6 is 0 Å². The van der Waals surface area contributed by atoms with Gasteiger partial charge >= 0.3 is 0 Å². The Labute approximate surface area is 100 Å². The molecule has 0 heterocycles. The average molecular weight is 222 g/mol. The predicted octanol–water partition coefficient (Wildman–Crippen LogP) is 4.09. The van der Waals surface area contributed by atoms with Gasteiger partial charge in [0.05, 0.1) is 5.60 Å². The number of rotatable bonds is 1. The van der Waals surface area contributed by atoms with Crippen LogP contribution in [-0.2, 0) is 0 Å². The summed E-state index contributed by atoms with van der Waals surface area (Å²) in [6.45, 7) is 10.2. The summed E-state index contributed by atoms with van der Waals surface area (Å²) in [6.07, 6.45) is 9.95. The Hall–Kier alpha value is -0.560. The van der Waals surface area contributed by atoms with Gasteiger partial charge in [-0.15, -0.1) is 0 Å². The first-order valence-electron chi connectivity index (χ1n) is 6.46. The van der Waals surface area contributed by atoms with Gasteiger partial charge in [-0.05, 0) is 51.4 Å². The van der Waals surface area contributed by atoms with Gasteiger partial charge in [0.2, 0.25) is 0 Å². The van der Waals surface area contributed by atoms with Crippen molar-refractivity contribution >= 4 is 0 Å². The number of hydrogen-bond acceptors (Lipinski definition) is 1. The van der Waals surface area contributed by atoms with Gasteiger partial charge in [-0.1, -0.05) is 37.6 Å². The van der Waals surface area contributed by atoms with Crippen LogP contribution in [0.15, 0.2) is 24.3 Å². The highest BCUT2D eigenvalue weighted by Crippen LogP contribution is 2.30. The van der Waals surface area contributed by atoms with Crippen LogP contribution in [-0.4, -0.2) is 10.7 Å². The van der Waals surface area contributed by atoms with Crippen molar-refractivity contribution in [1.82, 2.24) is 0 Å². The molecule has 0 amide bonds. The zero-order chi connectivity index (χ0) is 12.2. The Morgan fingerprint density at radius 1 is 1.31 bits per heavy atom. The van der Waals surface area contributed by atoms with E-state index in [1.807, 2.05) is 13.8 Å². The van der Waals surface area contributed by atoms with E-state index in [4.69, 9.17) is 0 Å². The van der Waals surface area contributed by atoms with Gasteiger partial charge in [-0.3, -0.25) is 0 Å². The molecule has 1 nitrogen and oxygen atoms in total. The first kappa shape index (κ1) is 13.5. The lowest BCUT2D eigenvalue weighted by atomic mass is 9.80. The second kappa shape index (κ2) is 5.67. The monoisotopic (exact) mass is 222 g/mol. The van der Waals surface area contributed by atoms with E-state index in [2.05, 4.69) is 25.7 Å². The molecule has 0 bridgehead atoms. The van der Waals surface area contributed by atoms with Gasteiger partial charge in [0.1, 0.15) is 0 Å². The Morgan fingerprint density at radius 3 is 2.62 bits per heavy atom. The van der Waals surface area contributed by atoms with Crippen molar-refractivity contribution in [2.24, 2.45) is 11.8 Å². The summed E-state index contributed by atoms with van der Waals surface area (Å²) in [5, 5.41) is 10.1. The largest absolute Gasteiger partial charge is 0.390 e. The maximum absolute atomic E-state index is 10.1. The summed E-state index contributed by atoms with van der Waals surface area (Å²) >= 11 is 0. The minimum absolute atomic E-state index is 0.401. The maximum Gasteiger partial charge on any atom is 0.0619 e. The molecular weight excluding hydrogens is 196 g/mol. The van der Waals surface area contributed by atoms with E-state index >= 15 is 0 Å². The molecule has 92 valence electrons. The molecule has 0 aromatic rings. The van der Waals surface area contributed by atoms with E-state index in [0.717, 1.165) is 25.7 Å². The topological polar surface area (TPSA) is 20.2 Å². The molecule has 1 rings (SSSR count). The lowest BCUT2D eigenvalue weighted by Crippen LogP contribution is -2.31. The third-order valence-corrected chi connectivity index (χ3v) is 3.71. The van der Waals surface area contributed by atoms with E-state index < -0.39 is 5.60 Å².